The molecule has 1 unspecified atom stereocenters. The first kappa shape index (κ1) is 14.2. The third kappa shape index (κ3) is 3.66. The van der Waals surface area contributed by atoms with Gasteiger partial charge in [-0.1, -0.05) is 0 Å². The number of nitrogens with one attached hydrogen (secondary N) is 3. The van der Waals surface area contributed by atoms with Crippen molar-refractivity contribution in [3.05, 3.63) is 18.0 Å². The highest BCUT2D eigenvalue weighted by molar-refractivity contribution is 5.97. The molecular weight excluding hydrogens is 258 g/mol. The van der Waals surface area contributed by atoms with Crippen LogP contribution in [0.25, 0.3) is 0 Å². The summed E-state index contributed by atoms with van der Waals surface area (Å²) in [6.45, 7) is 3.33. The smallest absolute Gasteiger partial charge is 0.255 e. The van der Waals surface area contributed by atoms with Crippen LogP contribution in [0.3, 0.4) is 0 Å². The molecule has 1 aliphatic heterocycles. The normalized spacial score (nSPS) is 18.9. The average molecular weight is 277 g/mol. The molecule has 0 radical (unpaired) electrons. The van der Waals surface area contributed by atoms with E-state index in [4.69, 9.17) is 0 Å². The SMILES string of the molecule is CCNc1ncc(C(=O)NC2CCCCNC2=O)cn1. The molecule has 1 atom stereocenters. The van der Waals surface area contributed by atoms with Crippen LogP contribution in [0.5, 0.6) is 0 Å². The fourth-order valence-corrected chi connectivity index (χ4v) is 2.01. The molecule has 20 heavy (non-hydrogen) atoms. The lowest BCUT2D eigenvalue weighted by Crippen LogP contribution is -2.45. The quantitative estimate of drug-likeness (QED) is 0.736. The van der Waals surface area contributed by atoms with Gasteiger partial charge in [-0.3, -0.25) is 9.59 Å². The Labute approximate surface area is 117 Å². The van der Waals surface area contributed by atoms with E-state index >= 15 is 0 Å². The molecule has 0 bridgehead atoms. The zero-order chi connectivity index (χ0) is 14.4. The van der Waals surface area contributed by atoms with Crippen LogP contribution in [-0.2, 0) is 4.79 Å². The van der Waals surface area contributed by atoms with Gasteiger partial charge >= 0.3 is 0 Å². The van der Waals surface area contributed by atoms with Crippen LogP contribution in [0.15, 0.2) is 12.4 Å². The van der Waals surface area contributed by atoms with E-state index in [1.807, 2.05) is 6.92 Å². The van der Waals surface area contributed by atoms with E-state index in [-0.39, 0.29) is 11.8 Å². The number of hydrogen-bond acceptors (Lipinski definition) is 5. The molecule has 0 aliphatic carbocycles. The Kier molecular flexibility index (Phi) is 4.86. The Morgan fingerprint density at radius 3 is 2.85 bits per heavy atom. The summed E-state index contributed by atoms with van der Waals surface area (Å²) >= 11 is 0. The van der Waals surface area contributed by atoms with Gasteiger partial charge in [0, 0.05) is 25.5 Å². The summed E-state index contributed by atoms with van der Waals surface area (Å²) in [6.07, 6.45) is 5.43. The van der Waals surface area contributed by atoms with E-state index in [2.05, 4.69) is 25.9 Å². The van der Waals surface area contributed by atoms with Crippen molar-refractivity contribution in [2.45, 2.75) is 32.2 Å². The number of amides is 2. The summed E-state index contributed by atoms with van der Waals surface area (Å²) in [4.78, 5) is 31.9. The first-order valence-electron chi connectivity index (χ1n) is 6.85. The average Bonchev–Trinajstić information content (AvgIpc) is 2.65. The number of nitrogens with zero attached hydrogens (tertiary/aromatic N) is 2. The maximum atomic E-state index is 12.0. The molecule has 2 amide bonds. The Balaban J connectivity index is 1.98. The predicted octanol–water partition coefficient (Wildman–Crippen LogP) is 0.307. The zero-order valence-corrected chi connectivity index (χ0v) is 11.5. The molecule has 0 aromatic carbocycles. The summed E-state index contributed by atoms with van der Waals surface area (Å²) in [5, 5.41) is 8.46. The standard InChI is InChI=1S/C13H19N5O2/c1-2-14-13-16-7-9(8-17-13)11(19)18-10-5-3-4-6-15-12(10)20/h7-8,10H,2-6H2,1H3,(H,15,20)(H,18,19)(H,14,16,17). The van der Waals surface area contributed by atoms with Crippen LogP contribution in [0.2, 0.25) is 0 Å². The van der Waals surface area contributed by atoms with E-state index < -0.39 is 6.04 Å². The number of anilines is 1. The van der Waals surface area contributed by atoms with Gasteiger partial charge in [-0.15, -0.1) is 0 Å². The van der Waals surface area contributed by atoms with E-state index in [0.717, 1.165) is 12.8 Å². The maximum absolute atomic E-state index is 12.0. The molecule has 0 saturated carbocycles. The topological polar surface area (TPSA) is 96.0 Å². The van der Waals surface area contributed by atoms with Crippen LogP contribution in [0.1, 0.15) is 36.5 Å². The number of carbonyl (C=O) groups excluding carboxylic acids is 2. The van der Waals surface area contributed by atoms with Gasteiger partial charge in [0.25, 0.3) is 5.91 Å². The second-order valence-corrected chi connectivity index (χ2v) is 4.64. The Hall–Kier alpha value is -2.18. The molecule has 1 aromatic rings. The predicted molar refractivity (Wildman–Crippen MR) is 74.3 cm³/mol. The van der Waals surface area contributed by atoms with Crippen LogP contribution in [-0.4, -0.2) is 40.9 Å². The number of rotatable bonds is 4. The van der Waals surface area contributed by atoms with Gasteiger partial charge in [-0.05, 0) is 26.2 Å². The van der Waals surface area contributed by atoms with Crippen molar-refractivity contribution in [1.82, 2.24) is 20.6 Å². The van der Waals surface area contributed by atoms with Crippen molar-refractivity contribution in [3.63, 3.8) is 0 Å². The minimum absolute atomic E-state index is 0.124. The van der Waals surface area contributed by atoms with Gasteiger partial charge in [-0.25, -0.2) is 9.97 Å². The highest BCUT2D eigenvalue weighted by atomic mass is 16.2. The van der Waals surface area contributed by atoms with E-state index in [1.54, 1.807) is 0 Å². The molecule has 1 fully saturated rings. The molecule has 1 saturated heterocycles. The molecular formula is C13H19N5O2. The Morgan fingerprint density at radius 1 is 1.40 bits per heavy atom. The summed E-state index contributed by atoms with van der Waals surface area (Å²) in [5.74, 6) is 0.0346. The second-order valence-electron chi connectivity index (χ2n) is 4.64. The molecule has 7 nitrogen and oxygen atoms in total. The van der Waals surface area contributed by atoms with Gasteiger partial charge in [0.15, 0.2) is 0 Å². The number of aromatic nitrogens is 2. The minimum Gasteiger partial charge on any atom is -0.355 e. The van der Waals surface area contributed by atoms with Crippen LogP contribution in [0.4, 0.5) is 5.95 Å². The highest BCUT2D eigenvalue weighted by Gasteiger charge is 2.23. The van der Waals surface area contributed by atoms with Crippen molar-refractivity contribution in [2.75, 3.05) is 18.4 Å². The number of carbonyl (C=O) groups is 2. The largest absolute Gasteiger partial charge is 0.355 e. The van der Waals surface area contributed by atoms with E-state index in [9.17, 15) is 9.59 Å². The van der Waals surface area contributed by atoms with E-state index in [0.29, 0.717) is 31.0 Å². The van der Waals surface area contributed by atoms with Crippen molar-refractivity contribution >= 4 is 17.8 Å². The lowest BCUT2D eigenvalue weighted by Gasteiger charge is -2.14. The fraction of sp³-hybridized carbons (Fsp3) is 0.538. The minimum atomic E-state index is -0.474. The third-order valence-corrected chi connectivity index (χ3v) is 3.09. The molecule has 0 spiro atoms. The van der Waals surface area contributed by atoms with Gasteiger partial charge < -0.3 is 16.0 Å². The Morgan fingerprint density at radius 2 is 2.15 bits per heavy atom. The van der Waals surface area contributed by atoms with Crippen molar-refractivity contribution in [3.8, 4) is 0 Å². The van der Waals surface area contributed by atoms with Gasteiger partial charge in [0.2, 0.25) is 11.9 Å². The Bertz CT molecular complexity index is 474. The molecule has 108 valence electrons. The molecule has 2 heterocycles. The third-order valence-electron chi connectivity index (χ3n) is 3.09. The summed E-state index contributed by atoms with van der Waals surface area (Å²) in [5.41, 5.74) is 0.351. The second kappa shape index (κ2) is 6.83. The monoisotopic (exact) mass is 277 g/mol. The molecule has 1 aliphatic rings. The fourth-order valence-electron chi connectivity index (χ4n) is 2.01. The summed E-state index contributed by atoms with van der Waals surface area (Å²) < 4.78 is 0. The first-order valence-corrected chi connectivity index (χ1v) is 6.85. The molecule has 7 heteroatoms. The molecule has 2 rings (SSSR count). The summed E-state index contributed by atoms with van der Waals surface area (Å²) in [7, 11) is 0. The highest BCUT2D eigenvalue weighted by Crippen LogP contribution is 2.07. The number of hydrogen-bond donors (Lipinski definition) is 3. The van der Waals surface area contributed by atoms with Crippen molar-refractivity contribution in [1.29, 1.82) is 0 Å². The van der Waals surface area contributed by atoms with Gasteiger partial charge in [0.1, 0.15) is 6.04 Å². The van der Waals surface area contributed by atoms with E-state index in [1.165, 1.54) is 12.4 Å². The lowest BCUT2D eigenvalue weighted by molar-refractivity contribution is -0.122. The van der Waals surface area contributed by atoms with Gasteiger partial charge in [-0.2, -0.15) is 0 Å². The van der Waals surface area contributed by atoms with Crippen LogP contribution in [0, 0.1) is 0 Å². The lowest BCUT2D eigenvalue weighted by atomic mass is 10.1. The molecule has 3 N–H and O–H groups in total. The molecule has 1 aromatic heterocycles. The zero-order valence-electron chi connectivity index (χ0n) is 11.5. The van der Waals surface area contributed by atoms with Crippen molar-refractivity contribution < 1.29 is 9.59 Å². The van der Waals surface area contributed by atoms with Crippen LogP contribution < -0.4 is 16.0 Å². The van der Waals surface area contributed by atoms with Crippen molar-refractivity contribution in [2.24, 2.45) is 0 Å². The van der Waals surface area contributed by atoms with Crippen LogP contribution >= 0.6 is 0 Å². The maximum Gasteiger partial charge on any atom is 0.255 e. The van der Waals surface area contributed by atoms with Gasteiger partial charge in [0.05, 0.1) is 5.56 Å². The summed E-state index contributed by atoms with van der Waals surface area (Å²) in [6, 6.07) is -0.474. The first-order chi connectivity index (χ1) is 9.70.